The third kappa shape index (κ3) is 2.43. The largest absolute Gasteiger partial charge is 0.439 e. The minimum atomic E-state index is 0.514. The van der Waals surface area contributed by atoms with E-state index < -0.39 is 0 Å². The zero-order valence-corrected chi connectivity index (χ0v) is 9.47. The normalized spacial score (nSPS) is 10.5. The quantitative estimate of drug-likeness (QED) is 0.876. The fourth-order valence-corrected chi connectivity index (χ4v) is 1.89. The lowest BCUT2D eigenvalue weighted by molar-refractivity contribution is 0.454. The number of pyridine rings is 1. The number of oxazole rings is 1. The van der Waals surface area contributed by atoms with Gasteiger partial charge in [-0.3, -0.25) is 0 Å². The van der Waals surface area contributed by atoms with Crippen LogP contribution in [0.3, 0.4) is 0 Å². The zero-order valence-electron chi connectivity index (χ0n) is 7.90. The number of halogens is 1. The summed E-state index contributed by atoms with van der Waals surface area (Å²) >= 11 is 7.00. The molecule has 0 unspecified atom stereocenters. The van der Waals surface area contributed by atoms with Gasteiger partial charge in [-0.1, -0.05) is 11.6 Å². The van der Waals surface area contributed by atoms with Crippen molar-refractivity contribution in [3.05, 3.63) is 29.2 Å². The van der Waals surface area contributed by atoms with E-state index in [2.05, 4.69) is 9.97 Å². The molecule has 0 aliphatic heterocycles. The number of hydrogen-bond donors (Lipinski definition) is 1. The van der Waals surface area contributed by atoms with Crippen molar-refractivity contribution in [2.45, 2.75) is 17.2 Å². The molecule has 0 radical (unpaired) electrons. The predicted molar refractivity (Wildman–Crippen MR) is 59.0 cm³/mol. The van der Waals surface area contributed by atoms with Gasteiger partial charge in [0.25, 0.3) is 5.22 Å². The Bertz CT molecular complexity index is 486. The van der Waals surface area contributed by atoms with E-state index in [1.807, 2.05) is 6.92 Å². The smallest absolute Gasteiger partial charge is 0.262 e. The molecule has 4 nitrogen and oxygen atoms in total. The van der Waals surface area contributed by atoms with Crippen molar-refractivity contribution < 1.29 is 4.42 Å². The van der Waals surface area contributed by atoms with Crippen LogP contribution in [0.5, 0.6) is 0 Å². The lowest BCUT2D eigenvalue weighted by Crippen LogP contribution is -1.91. The van der Waals surface area contributed by atoms with Gasteiger partial charge in [-0.15, -0.1) is 0 Å². The van der Waals surface area contributed by atoms with Gasteiger partial charge in [-0.2, -0.15) is 0 Å². The second-order valence-corrected chi connectivity index (χ2v) is 4.28. The molecule has 78 valence electrons. The first-order valence-electron chi connectivity index (χ1n) is 4.16. The monoisotopic (exact) mass is 241 g/mol. The topological polar surface area (TPSA) is 64.9 Å². The van der Waals surface area contributed by atoms with E-state index in [0.717, 1.165) is 5.69 Å². The van der Waals surface area contributed by atoms with Crippen LogP contribution >= 0.6 is 23.4 Å². The molecule has 0 saturated heterocycles. The van der Waals surface area contributed by atoms with Gasteiger partial charge < -0.3 is 10.2 Å². The summed E-state index contributed by atoms with van der Waals surface area (Å²) in [6.07, 6.45) is 3.12. The lowest BCUT2D eigenvalue weighted by atomic mass is 10.4. The number of aromatic nitrogens is 2. The number of nitrogen functional groups attached to an aromatic ring is 1. The highest BCUT2D eigenvalue weighted by Gasteiger charge is 2.08. The highest BCUT2D eigenvalue weighted by molar-refractivity contribution is 7.99. The Balaban J connectivity index is 2.24. The maximum absolute atomic E-state index is 5.74. The first-order valence-corrected chi connectivity index (χ1v) is 5.35. The molecule has 0 fully saturated rings. The predicted octanol–water partition coefficient (Wildman–Crippen LogP) is 2.76. The molecular formula is C9H8ClN3OS. The molecule has 2 aromatic heterocycles. The van der Waals surface area contributed by atoms with Crippen LogP contribution in [0.25, 0.3) is 0 Å². The van der Waals surface area contributed by atoms with Crippen molar-refractivity contribution in [2.75, 3.05) is 5.73 Å². The fraction of sp³-hybridized carbons (Fsp3) is 0.111. The van der Waals surface area contributed by atoms with E-state index in [1.54, 1.807) is 12.3 Å². The average Bonchev–Trinajstić information content (AvgIpc) is 2.56. The van der Waals surface area contributed by atoms with E-state index >= 15 is 0 Å². The van der Waals surface area contributed by atoms with Crippen molar-refractivity contribution in [3.8, 4) is 0 Å². The average molecular weight is 242 g/mol. The van der Waals surface area contributed by atoms with Crippen molar-refractivity contribution >= 4 is 29.1 Å². The minimum Gasteiger partial charge on any atom is -0.439 e. The Hall–Kier alpha value is -1.20. The Morgan fingerprint density at radius 1 is 1.53 bits per heavy atom. The van der Waals surface area contributed by atoms with Gasteiger partial charge >= 0.3 is 0 Å². The molecule has 0 aromatic carbocycles. The molecule has 2 N–H and O–H groups in total. The number of hydrogen-bond acceptors (Lipinski definition) is 5. The van der Waals surface area contributed by atoms with Crippen LogP contribution in [0.1, 0.15) is 5.69 Å². The lowest BCUT2D eigenvalue weighted by Gasteiger charge is -2.00. The summed E-state index contributed by atoms with van der Waals surface area (Å²) in [5, 5.41) is 1.68. The molecule has 0 aliphatic carbocycles. The molecule has 2 aromatic rings. The molecule has 2 heterocycles. The van der Waals surface area contributed by atoms with Gasteiger partial charge in [0.2, 0.25) is 0 Å². The first-order chi connectivity index (χ1) is 7.15. The number of nitrogens with zero attached hydrogens (tertiary/aromatic N) is 2. The molecule has 0 atom stereocenters. The molecule has 0 spiro atoms. The van der Waals surface area contributed by atoms with Gasteiger partial charge in [0, 0.05) is 6.20 Å². The molecule has 0 aliphatic rings. The summed E-state index contributed by atoms with van der Waals surface area (Å²) in [7, 11) is 0. The van der Waals surface area contributed by atoms with Crippen LogP contribution in [-0.2, 0) is 0 Å². The fourth-order valence-electron chi connectivity index (χ4n) is 0.990. The summed E-state index contributed by atoms with van der Waals surface area (Å²) < 4.78 is 5.18. The maximum Gasteiger partial charge on any atom is 0.262 e. The number of rotatable bonds is 2. The van der Waals surface area contributed by atoms with Crippen molar-refractivity contribution in [1.29, 1.82) is 0 Å². The Morgan fingerprint density at radius 2 is 2.33 bits per heavy atom. The third-order valence-electron chi connectivity index (χ3n) is 1.63. The molecule has 0 amide bonds. The first kappa shape index (κ1) is 10.3. The van der Waals surface area contributed by atoms with Gasteiger partial charge in [-0.25, -0.2) is 9.97 Å². The van der Waals surface area contributed by atoms with Crippen LogP contribution in [0, 0.1) is 6.92 Å². The van der Waals surface area contributed by atoms with Gasteiger partial charge in [0.1, 0.15) is 11.3 Å². The second kappa shape index (κ2) is 4.12. The van der Waals surface area contributed by atoms with Crippen LogP contribution in [0.4, 0.5) is 5.69 Å². The summed E-state index contributed by atoms with van der Waals surface area (Å²) in [4.78, 5) is 8.23. The van der Waals surface area contributed by atoms with Crippen molar-refractivity contribution in [2.24, 2.45) is 0 Å². The van der Waals surface area contributed by atoms with Crippen molar-refractivity contribution in [1.82, 2.24) is 9.97 Å². The zero-order chi connectivity index (χ0) is 10.8. The standard InChI is InChI=1S/C9H8ClN3OS/c1-5-4-14-9(13-5)15-8-7(11)2-6(10)3-12-8/h2-4H,11H2,1H3. The highest BCUT2D eigenvalue weighted by Crippen LogP contribution is 2.30. The Labute approximate surface area is 95.9 Å². The number of anilines is 1. The highest BCUT2D eigenvalue weighted by atomic mass is 35.5. The van der Waals surface area contributed by atoms with Crippen molar-refractivity contribution in [3.63, 3.8) is 0 Å². The minimum absolute atomic E-state index is 0.514. The van der Waals surface area contributed by atoms with Gasteiger partial charge in [-0.05, 0) is 24.8 Å². The Kier molecular flexibility index (Phi) is 2.83. The van der Waals surface area contributed by atoms with E-state index in [-0.39, 0.29) is 0 Å². The van der Waals surface area contributed by atoms with Gasteiger partial charge in [0.15, 0.2) is 0 Å². The Morgan fingerprint density at radius 3 is 2.93 bits per heavy atom. The summed E-state index contributed by atoms with van der Waals surface area (Å²) in [6, 6.07) is 1.65. The maximum atomic E-state index is 5.74. The van der Waals surface area contributed by atoms with Crippen LogP contribution in [0.15, 0.2) is 33.2 Å². The van der Waals surface area contributed by atoms with Crippen LogP contribution in [0.2, 0.25) is 5.02 Å². The number of nitrogens with two attached hydrogens (primary N) is 1. The van der Waals surface area contributed by atoms with Crippen LogP contribution in [-0.4, -0.2) is 9.97 Å². The summed E-state index contributed by atoms with van der Waals surface area (Å²) in [5.41, 5.74) is 7.08. The summed E-state index contributed by atoms with van der Waals surface area (Å²) in [6.45, 7) is 1.85. The van der Waals surface area contributed by atoms with E-state index in [4.69, 9.17) is 21.8 Å². The van der Waals surface area contributed by atoms with Gasteiger partial charge in [0.05, 0.1) is 16.4 Å². The molecule has 2 rings (SSSR count). The summed E-state index contributed by atoms with van der Waals surface area (Å²) in [5.74, 6) is 0. The van der Waals surface area contributed by atoms with E-state index in [1.165, 1.54) is 18.0 Å². The van der Waals surface area contributed by atoms with E-state index in [0.29, 0.717) is 21.0 Å². The molecule has 6 heteroatoms. The second-order valence-electron chi connectivity index (χ2n) is 2.90. The molecule has 0 saturated carbocycles. The number of aryl methyl sites for hydroxylation is 1. The molecule has 0 bridgehead atoms. The molecule has 15 heavy (non-hydrogen) atoms. The van der Waals surface area contributed by atoms with Crippen LogP contribution < -0.4 is 5.73 Å². The molecular weight excluding hydrogens is 234 g/mol. The van der Waals surface area contributed by atoms with E-state index in [9.17, 15) is 0 Å². The SMILES string of the molecule is Cc1coc(Sc2ncc(Cl)cc2N)n1. The third-order valence-corrected chi connectivity index (χ3v) is 2.73.